The number of piperazine rings is 1. The van der Waals surface area contributed by atoms with Gasteiger partial charge in [-0.3, -0.25) is 9.69 Å². The lowest BCUT2D eigenvalue weighted by Gasteiger charge is -2.36. The summed E-state index contributed by atoms with van der Waals surface area (Å²) in [5, 5.41) is 3.25. The summed E-state index contributed by atoms with van der Waals surface area (Å²) in [5.74, 6) is 0.219. The summed E-state index contributed by atoms with van der Waals surface area (Å²) in [6.45, 7) is 7.07. The lowest BCUT2D eigenvalue weighted by Crippen LogP contribution is -2.51. The van der Waals surface area contributed by atoms with Crippen molar-refractivity contribution in [2.75, 3.05) is 39.3 Å². The van der Waals surface area contributed by atoms with Crippen LogP contribution in [0.5, 0.6) is 0 Å². The van der Waals surface area contributed by atoms with E-state index in [1.165, 1.54) is 6.07 Å². The average Bonchev–Trinajstić information content (AvgIpc) is 2.63. The van der Waals surface area contributed by atoms with Gasteiger partial charge >= 0.3 is 6.18 Å². The molecule has 2 aliphatic heterocycles. The Morgan fingerprint density at radius 2 is 1.96 bits per heavy atom. The highest BCUT2D eigenvalue weighted by molar-refractivity contribution is 5.79. The first-order valence-corrected chi connectivity index (χ1v) is 9.23. The van der Waals surface area contributed by atoms with Gasteiger partial charge in [-0.05, 0) is 49.6 Å². The largest absolute Gasteiger partial charge is 0.416 e. The maximum Gasteiger partial charge on any atom is 0.416 e. The first-order valence-electron chi connectivity index (χ1n) is 9.23. The Bertz CT molecular complexity index is 641. The van der Waals surface area contributed by atoms with Gasteiger partial charge in [0.2, 0.25) is 5.91 Å². The molecule has 1 atom stereocenters. The Labute approximate surface area is 152 Å². The molecule has 0 aliphatic carbocycles. The van der Waals surface area contributed by atoms with Crippen LogP contribution in [0.15, 0.2) is 18.2 Å². The van der Waals surface area contributed by atoms with Crippen LogP contribution in [0, 0.1) is 12.8 Å². The van der Waals surface area contributed by atoms with Crippen molar-refractivity contribution >= 4 is 5.91 Å². The molecular formula is C19H26F3N3O. The molecule has 2 heterocycles. The average molecular weight is 369 g/mol. The smallest absolute Gasteiger partial charge is 0.340 e. The molecule has 26 heavy (non-hydrogen) atoms. The highest BCUT2D eigenvalue weighted by atomic mass is 19.4. The first-order chi connectivity index (χ1) is 12.3. The van der Waals surface area contributed by atoms with Crippen LogP contribution >= 0.6 is 0 Å². The van der Waals surface area contributed by atoms with Crippen molar-refractivity contribution in [3.8, 4) is 0 Å². The Morgan fingerprint density at radius 3 is 2.62 bits per heavy atom. The van der Waals surface area contributed by atoms with Gasteiger partial charge in [0, 0.05) is 39.3 Å². The molecule has 4 nitrogen and oxygen atoms in total. The van der Waals surface area contributed by atoms with Crippen molar-refractivity contribution in [3.05, 3.63) is 34.9 Å². The summed E-state index contributed by atoms with van der Waals surface area (Å²) in [4.78, 5) is 16.9. The molecule has 1 aromatic rings. The molecule has 0 spiro atoms. The molecule has 2 aliphatic rings. The molecule has 3 rings (SSSR count). The van der Waals surface area contributed by atoms with Gasteiger partial charge in [0.1, 0.15) is 0 Å². The molecule has 144 valence electrons. The molecule has 2 fully saturated rings. The number of amides is 1. The monoisotopic (exact) mass is 369 g/mol. The fourth-order valence-corrected chi connectivity index (χ4v) is 3.83. The number of piperidine rings is 1. The Kier molecular flexibility index (Phi) is 5.87. The maximum atomic E-state index is 12.8. The first kappa shape index (κ1) is 19.2. The molecule has 1 N–H and O–H groups in total. The van der Waals surface area contributed by atoms with E-state index in [0.717, 1.165) is 57.2 Å². The summed E-state index contributed by atoms with van der Waals surface area (Å²) in [6, 6.07) is 3.93. The number of rotatable bonds is 3. The van der Waals surface area contributed by atoms with E-state index in [2.05, 4.69) is 10.2 Å². The maximum absolute atomic E-state index is 12.8. The molecule has 0 radical (unpaired) electrons. The summed E-state index contributed by atoms with van der Waals surface area (Å²) in [7, 11) is 0. The van der Waals surface area contributed by atoms with E-state index >= 15 is 0 Å². The number of benzene rings is 1. The van der Waals surface area contributed by atoms with E-state index in [0.29, 0.717) is 18.7 Å². The van der Waals surface area contributed by atoms with Crippen LogP contribution in [-0.2, 0) is 17.5 Å². The number of alkyl halides is 3. The summed E-state index contributed by atoms with van der Waals surface area (Å²) < 4.78 is 38.5. The predicted molar refractivity (Wildman–Crippen MR) is 93.6 cm³/mol. The fourth-order valence-electron chi connectivity index (χ4n) is 3.83. The predicted octanol–water partition coefficient (Wildman–Crippen LogP) is 2.66. The van der Waals surface area contributed by atoms with Crippen LogP contribution < -0.4 is 5.32 Å². The van der Waals surface area contributed by atoms with Crippen molar-refractivity contribution in [3.63, 3.8) is 0 Å². The second kappa shape index (κ2) is 7.96. The summed E-state index contributed by atoms with van der Waals surface area (Å²) in [5.41, 5.74) is 0.938. The van der Waals surface area contributed by atoms with E-state index in [4.69, 9.17) is 0 Å². The molecule has 1 unspecified atom stereocenters. The molecule has 1 amide bonds. The number of nitrogens with one attached hydrogen (secondary N) is 1. The van der Waals surface area contributed by atoms with Crippen molar-refractivity contribution in [2.24, 2.45) is 5.92 Å². The topological polar surface area (TPSA) is 35.6 Å². The zero-order chi connectivity index (χ0) is 18.7. The SMILES string of the molecule is Cc1cc(C(F)(F)F)ccc1CN1CCCC(C(=O)N2CCNCC2)C1. The quantitative estimate of drug-likeness (QED) is 0.890. The van der Waals surface area contributed by atoms with Gasteiger partial charge in [-0.1, -0.05) is 6.07 Å². The highest BCUT2D eigenvalue weighted by Gasteiger charge is 2.32. The highest BCUT2D eigenvalue weighted by Crippen LogP contribution is 2.31. The van der Waals surface area contributed by atoms with Crippen molar-refractivity contribution in [1.29, 1.82) is 0 Å². The van der Waals surface area contributed by atoms with Crippen molar-refractivity contribution < 1.29 is 18.0 Å². The van der Waals surface area contributed by atoms with Gasteiger partial charge in [0.15, 0.2) is 0 Å². The van der Waals surface area contributed by atoms with Gasteiger partial charge < -0.3 is 10.2 Å². The molecule has 1 aromatic carbocycles. The number of carbonyl (C=O) groups excluding carboxylic acids is 1. The summed E-state index contributed by atoms with van der Waals surface area (Å²) >= 11 is 0. The van der Waals surface area contributed by atoms with E-state index in [1.54, 1.807) is 13.0 Å². The molecule has 0 saturated carbocycles. The Balaban J connectivity index is 1.62. The second-order valence-corrected chi connectivity index (χ2v) is 7.29. The number of nitrogens with zero attached hydrogens (tertiary/aromatic N) is 2. The van der Waals surface area contributed by atoms with Crippen molar-refractivity contribution in [1.82, 2.24) is 15.1 Å². The van der Waals surface area contributed by atoms with Crippen LogP contribution in [-0.4, -0.2) is 55.0 Å². The van der Waals surface area contributed by atoms with Gasteiger partial charge in [-0.25, -0.2) is 0 Å². The normalized spacial score (nSPS) is 22.5. The van der Waals surface area contributed by atoms with Crippen LogP contribution in [0.3, 0.4) is 0 Å². The third-order valence-corrected chi connectivity index (χ3v) is 5.35. The van der Waals surface area contributed by atoms with Crippen LogP contribution in [0.25, 0.3) is 0 Å². The van der Waals surface area contributed by atoms with Crippen LogP contribution in [0.2, 0.25) is 0 Å². The number of hydrogen-bond acceptors (Lipinski definition) is 3. The minimum Gasteiger partial charge on any atom is -0.340 e. The van der Waals surface area contributed by atoms with Crippen LogP contribution in [0.1, 0.15) is 29.5 Å². The van der Waals surface area contributed by atoms with E-state index in [-0.39, 0.29) is 11.8 Å². The molecule has 0 aromatic heterocycles. The molecule has 0 bridgehead atoms. The minimum absolute atomic E-state index is 0.00314. The zero-order valence-corrected chi connectivity index (χ0v) is 15.1. The number of aryl methyl sites for hydroxylation is 1. The van der Waals surface area contributed by atoms with Crippen LogP contribution in [0.4, 0.5) is 13.2 Å². The lowest BCUT2D eigenvalue weighted by atomic mass is 9.95. The minimum atomic E-state index is -4.31. The zero-order valence-electron chi connectivity index (χ0n) is 15.1. The van der Waals surface area contributed by atoms with E-state index < -0.39 is 11.7 Å². The molecule has 2 saturated heterocycles. The third-order valence-electron chi connectivity index (χ3n) is 5.35. The fraction of sp³-hybridized carbons (Fsp3) is 0.632. The third kappa shape index (κ3) is 4.57. The van der Waals surface area contributed by atoms with E-state index in [9.17, 15) is 18.0 Å². The molecular weight excluding hydrogens is 343 g/mol. The van der Waals surface area contributed by atoms with Gasteiger partial charge in [0.25, 0.3) is 0 Å². The van der Waals surface area contributed by atoms with Crippen molar-refractivity contribution in [2.45, 2.75) is 32.5 Å². The Hall–Kier alpha value is -1.60. The van der Waals surface area contributed by atoms with Gasteiger partial charge in [0.05, 0.1) is 11.5 Å². The van der Waals surface area contributed by atoms with E-state index in [1.807, 2.05) is 4.90 Å². The second-order valence-electron chi connectivity index (χ2n) is 7.29. The standard InChI is InChI=1S/C19H26F3N3O/c1-14-11-17(19(20,21)22)5-4-15(14)12-24-8-2-3-16(13-24)18(26)25-9-6-23-7-10-25/h4-5,11,16,23H,2-3,6-10,12-13H2,1H3. The number of carbonyl (C=O) groups is 1. The Morgan fingerprint density at radius 1 is 1.23 bits per heavy atom. The summed E-state index contributed by atoms with van der Waals surface area (Å²) in [6.07, 6.45) is -2.47. The lowest BCUT2D eigenvalue weighted by molar-refractivity contribution is -0.138. The number of halogens is 3. The number of likely N-dealkylation sites (tertiary alicyclic amines) is 1. The van der Waals surface area contributed by atoms with Gasteiger partial charge in [-0.15, -0.1) is 0 Å². The molecule has 7 heteroatoms. The van der Waals surface area contributed by atoms with Gasteiger partial charge in [-0.2, -0.15) is 13.2 Å². The number of hydrogen-bond donors (Lipinski definition) is 1.